The van der Waals surface area contributed by atoms with Crippen molar-refractivity contribution in [2.75, 3.05) is 6.54 Å². The summed E-state index contributed by atoms with van der Waals surface area (Å²) in [4.78, 5) is 2.69. The highest BCUT2D eigenvalue weighted by atomic mass is 15.2. The number of allylic oxidation sites excluding steroid dienone is 2. The number of nitrogens with zero attached hydrogens (tertiary/aromatic N) is 1. The Bertz CT molecular complexity index is 207. The molecule has 1 heterocycles. The molecular weight excluding hydrogens is 170 g/mol. The molecule has 1 aliphatic heterocycles. The lowest BCUT2D eigenvalue weighted by Gasteiger charge is -2.36. The smallest absolute Gasteiger partial charge is 0.0286 e. The normalized spacial score (nSPS) is 26.2. The van der Waals surface area contributed by atoms with Gasteiger partial charge in [0.1, 0.15) is 0 Å². The van der Waals surface area contributed by atoms with Crippen LogP contribution in [0.1, 0.15) is 58.3 Å². The van der Waals surface area contributed by atoms with Gasteiger partial charge in [0.05, 0.1) is 0 Å². The third-order valence-electron chi connectivity index (χ3n) is 3.52. The zero-order chi connectivity index (χ0) is 9.80. The quantitative estimate of drug-likeness (QED) is 0.602. The summed E-state index contributed by atoms with van der Waals surface area (Å²) in [6, 6.07) is 0.893. The van der Waals surface area contributed by atoms with Gasteiger partial charge in [-0.3, -0.25) is 0 Å². The zero-order valence-corrected chi connectivity index (χ0v) is 9.47. The Morgan fingerprint density at radius 2 is 2.21 bits per heavy atom. The Labute approximate surface area is 88.2 Å². The molecule has 1 fully saturated rings. The second kappa shape index (κ2) is 4.86. The van der Waals surface area contributed by atoms with Crippen LogP contribution in [0.25, 0.3) is 0 Å². The summed E-state index contributed by atoms with van der Waals surface area (Å²) in [5.74, 6) is 0. The first-order valence-corrected chi connectivity index (χ1v) is 6.37. The van der Waals surface area contributed by atoms with E-state index in [2.05, 4.69) is 17.9 Å². The van der Waals surface area contributed by atoms with Crippen LogP contribution >= 0.6 is 0 Å². The van der Waals surface area contributed by atoms with E-state index in [9.17, 15) is 0 Å². The average molecular weight is 193 g/mol. The van der Waals surface area contributed by atoms with Gasteiger partial charge in [0, 0.05) is 24.7 Å². The molecule has 0 bridgehead atoms. The standard InChI is InChI=1S/C13H23N/c1-2-3-4-7-12-8-5-6-11-14(12)13-9-10-13/h9,12H,2-8,10-11H2,1H3. The van der Waals surface area contributed by atoms with Gasteiger partial charge >= 0.3 is 0 Å². The molecule has 1 unspecified atom stereocenters. The van der Waals surface area contributed by atoms with Crippen molar-refractivity contribution in [2.24, 2.45) is 0 Å². The summed E-state index contributed by atoms with van der Waals surface area (Å²) in [6.45, 7) is 3.63. The first-order chi connectivity index (χ1) is 6.92. The highest BCUT2D eigenvalue weighted by Crippen LogP contribution is 2.32. The van der Waals surface area contributed by atoms with Crippen LogP contribution < -0.4 is 0 Å². The second-order valence-electron chi connectivity index (χ2n) is 4.74. The predicted octanol–water partition coefficient (Wildman–Crippen LogP) is 3.71. The molecule has 1 nitrogen and oxygen atoms in total. The van der Waals surface area contributed by atoms with Gasteiger partial charge in [-0.05, 0) is 25.7 Å². The van der Waals surface area contributed by atoms with Gasteiger partial charge < -0.3 is 4.90 Å². The van der Waals surface area contributed by atoms with Crippen molar-refractivity contribution in [3.63, 3.8) is 0 Å². The predicted molar refractivity (Wildman–Crippen MR) is 61.2 cm³/mol. The van der Waals surface area contributed by atoms with E-state index >= 15 is 0 Å². The van der Waals surface area contributed by atoms with Crippen molar-refractivity contribution >= 4 is 0 Å². The van der Waals surface area contributed by atoms with E-state index in [1.165, 1.54) is 57.9 Å². The van der Waals surface area contributed by atoms with Crippen molar-refractivity contribution < 1.29 is 0 Å². The van der Waals surface area contributed by atoms with Gasteiger partial charge in [-0.25, -0.2) is 0 Å². The summed E-state index contributed by atoms with van der Waals surface area (Å²) in [5.41, 5.74) is 1.64. The molecule has 1 atom stereocenters. The molecule has 1 aliphatic carbocycles. The minimum atomic E-state index is 0.893. The average Bonchev–Trinajstić information content (AvgIpc) is 3.03. The Kier molecular flexibility index (Phi) is 3.49. The van der Waals surface area contributed by atoms with Crippen LogP contribution in [0, 0.1) is 0 Å². The van der Waals surface area contributed by atoms with Crippen LogP contribution in [0.15, 0.2) is 11.8 Å². The van der Waals surface area contributed by atoms with Crippen molar-refractivity contribution in [3.05, 3.63) is 11.8 Å². The van der Waals surface area contributed by atoms with Crippen molar-refractivity contribution in [2.45, 2.75) is 64.3 Å². The summed E-state index contributed by atoms with van der Waals surface area (Å²) < 4.78 is 0. The van der Waals surface area contributed by atoms with E-state index in [-0.39, 0.29) is 0 Å². The molecule has 0 aromatic carbocycles. The molecule has 0 radical (unpaired) electrons. The summed E-state index contributed by atoms with van der Waals surface area (Å²) in [5, 5.41) is 0. The number of rotatable bonds is 5. The Balaban J connectivity index is 1.77. The van der Waals surface area contributed by atoms with Gasteiger partial charge in [-0.15, -0.1) is 0 Å². The van der Waals surface area contributed by atoms with Gasteiger partial charge in [0.25, 0.3) is 0 Å². The lowest BCUT2D eigenvalue weighted by Crippen LogP contribution is -2.36. The molecule has 0 spiro atoms. The molecule has 0 amide bonds. The van der Waals surface area contributed by atoms with E-state index in [1.54, 1.807) is 5.70 Å². The Morgan fingerprint density at radius 1 is 1.36 bits per heavy atom. The van der Waals surface area contributed by atoms with E-state index in [0.29, 0.717) is 0 Å². The minimum Gasteiger partial charge on any atom is -0.372 e. The van der Waals surface area contributed by atoms with Crippen LogP contribution in [0.5, 0.6) is 0 Å². The molecule has 0 N–H and O–H groups in total. The van der Waals surface area contributed by atoms with Gasteiger partial charge in [-0.2, -0.15) is 0 Å². The van der Waals surface area contributed by atoms with Gasteiger partial charge in [-0.1, -0.05) is 32.3 Å². The fraction of sp³-hybridized carbons (Fsp3) is 0.846. The van der Waals surface area contributed by atoms with Crippen LogP contribution in [0.3, 0.4) is 0 Å². The maximum absolute atomic E-state index is 2.69. The van der Waals surface area contributed by atoms with Crippen molar-refractivity contribution in [3.8, 4) is 0 Å². The van der Waals surface area contributed by atoms with Crippen LogP contribution in [-0.2, 0) is 0 Å². The van der Waals surface area contributed by atoms with Gasteiger partial charge in [0.15, 0.2) is 0 Å². The van der Waals surface area contributed by atoms with E-state index in [1.807, 2.05) is 0 Å². The lowest BCUT2D eigenvalue weighted by molar-refractivity contribution is 0.188. The topological polar surface area (TPSA) is 3.24 Å². The Morgan fingerprint density at radius 3 is 2.93 bits per heavy atom. The molecule has 2 rings (SSSR count). The largest absolute Gasteiger partial charge is 0.372 e. The summed E-state index contributed by atoms with van der Waals surface area (Å²) in [6.07, 6.45) is 13.6. The van der Waals surface area contributed by atoms with Crippen LogP contribution in [-0.4, -0.2) is 17.5 Å². The fourth-order valence-corrected chi connectivity index (χ4v) is 2.59. The highest BCUT2D eigenvalue weighted by Gasteiger charge is 2.26. The third kappa shape index (κ3) is 2.52. The molecule has 1 saturated heterocycles. The SMILES string of the molecule is CCCCCC1CCCCN1C1=CC1. The van der Waals surface area contributed by atoms with Gasteiger partial charge in [0.2, 0.25) is 0 Å². The third-order valence-corrected chi connectivity index (χ3v) is 3.52. The molecule has 2 aliphatic rings. The zero-order valence-electron chi connectivity index (χ0n) is 9.47. The van der Waals surface area contributed by atoms with Crippen LogP contribution in [0.2, 0.25) is 0 Å². The second-order valence-corrected chi connectivity index (χ2v) is 4.74. The van der Waals surface area contributed by atoms with E-state index in [4.69, 9.17) is 0 Å². The number of hydrogen-bond donors (Lipinski definition) is 0. The van der Waals surface area contributed by atoms with Crippen molar-refractivity contribution in [1.29, 1.82) is 0 Å². The van der Waals surface area contributed by atoms with E-state index in [0.717, 1.165) is 6.04 Å². The molecule has 14 heavy (non-hydrogen) atoms. The molecule has 0 saturated carbocycles. The highest BCUT2D eigenvalue weighted by molar-refractivity contribution is 5.21. The molecule has 0 aromatic heterocycles. The lowest BCUT2D eigenvalue weighted by atomic mass is 9.97. The summed E-state index contributed by atoms with van der Waals surface area (Å²) >= 11 is 0. The monoisotopic (exact) mass is 193 g/mol. The van der Waals surface area contributed by atoms with E-state index < -0.39 is 0 Å². The number of piperidine rings is 1. The number of hydrogen-bond acceptors (Lipinski definition) is 1. The molecular formula is C13H23N. The number of unbranched alkanes of at least 4 members (excludes halogenated alkanes) is 2. The first-order valence-electron chi connectivity index (χ1n) is 6.37. The molecule has 80 valence electrons. The maximum Gasteiger partial charge on any atom is 0.0286 e. The molecule has 0 aromatic rings. The summed E-state index contributed by atoms with van der Waals surface area (Å²) in [7, 11) is 0. The Hall–Kier alpha value is -0.460. The fourth-order valence-electron chi connectivity index (χ4n) is 2.59. The maximum atomic E-state index is 2.69. The van der Waals surface area contributed by atoms with Crippen LogP contribution in [0.4, 0.5) is 0 Å². The van der Waals surface area contributed by atoms with Crippen molar-refractivity contribution in [1.82, 2.24) is 4.90 Å². The first kappa shape index (κ1) is 10.1. The minimum absolute atomic E-state index is 0.893. The molecule has 1 heteroatoms. The number of likely N-dealkylation sites (tertiary alicyclic amines) is 1.